The van der Waals surface area contributed by atoms with Crippen LogP contribution in [0.1, 0.15) is 19.4 Å². The van der Waals surface area contributed by atoms with Gasteiger partial charge in [-0.3, -0.25) is 14.7 Å². The highest BCUT2D eigenvalue weighted by Crippen LogP contribution is 2.30. The van der Waals surface area contributed by atoms with Crippen molar-refractivity contribution in [2.24, 2.45) is 0 Å². The van der Waals surface area contributed by atoms with Crippen LogP contribution in [0.5, 0.6) is 0 Å². The first-order chi connectivity index (χ1) is 13.6. The van der Waals surface area contributed by atoms with Crippen LogP contribution in [0.15, 0.2) is 30.5 Å². The molecule has 4 rings (SSSR count). The van der Waals surface area contributed by atoms with E-state index in [1.807, 2.05) is 31.2 Å². The number of nitriles is 1. The third kappa shape index (κ3) is 3.53. The molecule has 2 aliphatic heterocycles. The highest BCUT2D eigenvalue weighted by atomic mass is 16.5. The fourth-order valence-corrected chi connectivity index (χ4v) is 4.21. The van der Waals surface area contributed by atoms with E-state index in [1.54, 1.807) is 6.20 Å². The molecule has 3 heterocycles. The van der Waals surface area contributed by atoms with Gasteiger partial charge in [-0.2, -0.15) is 5.26 Å². The van der Waals surface area contributed by atoms with Crippen LogP contribution in [0.2, 0.25) is 0 Å². The number of nitrogens with one attached hydrogen (secondary N) is 1. The zero-order chi connectivity index (χ0) is 19.7. The van der Waals surface area contributed by atoms with Gasteiger partial charge in [-0.25, -0.2) is 0 Å². The molecule has 1 aromatic carbocycles. The van der Waals surface area contributed by atoms with Crippen LogP contribution in [-0.4, -0.2) is 66.8 Å². The van der Waals surface area contributed by atoms with Crippen molar-refractivity contribution in [3.63, 3.8) is 0 Å². The van der Waals surface area contributed by atoms with E-state index < -0.39 is 0 Å². The molecule has 0 spiro atoms. The Morgan fingerprint density at radius 3 is 3.00 bits per heavy atom. The maximum Gasteiger partial charge on any atom is 0.237 e. The number of pyridine rings is 1. The summed E-state index contributed by atoms with van der Waals surface area (Å²) in [6.07, 6.45) is 1.81. The Hall–Kier alpha value is -2.69. The van der Waals surface area contributed by atoms with E-state index in [0.717, 1.165) is 42.8 Å². The molecule has 0 bridgehead atoms. The summed E-state index contributed by atoms with van der Waals surface area (Å²) in [5, 5.41) is 13.3. The molecule has 1 aromatic heterocycles. The normalized spacial score (nSPS) is 26.1. The first-order valence-electron chi connectivity index (χ1n) is 9.77. The van der Waals surface area contributed by atoms with Crippen LogP contribution >= 0.6 is 0 Å². The minimum atomic E-state index is -0.136. The topological polar surface area (TPSA) is 81.5 Å². The number of fused-ring (bicyclic) bond motifs is 1. The first-order valence-corrected chi connectivity index (χ1v) is 9.77. The quantitative estimate of drug-likeness (QED) is 0.871. The Labute approximate surface area is 164 Å². The van der Waals surface area contributed by atoms with Crippen LogP contribution in [0.3, 0.4) is 0 Å². The van der Waals surface area contributed by atoms with Crippen LogP contribution in [0, 0.1) is 11.3 Å². The molecule has 28 heavy (non-hydrogen) atoms. The number of hydrogen-bond donors (Lipinski definition) is 1. The van der Waals surface area contributed by atoms with Crippen LogP contribution < -0.4 is 10.2 Å². The van der Waals surface area contributed by atoms with Crippen molar-refractivity contribution >= 4 is 22.5 Å². The summed E-state index contributed by atoms with van der Waals surface area (Å²) in [4.78, 5) is 20.9. The minimum Gasteiger partial charge on any atom is -0.370 e. The second-order valence-corrected chi connectivity index (χ2v) is 7.58. The number of anilines is 1. The van der Waals surface area contributed by atoms with E-state index in [1.165, 1.54) is 0 Å². The predicted octanol–water partition coefficient (Wildman–Crippen LogP) is 1.52. The SMILES string of the molecule is C[C@@H]1CN(c2ccc(C#N)c3ncccc23)C[C@H](CN2CCNC(=O)[C@H]2C)O1. The van der Waals surface area contributed by atoms with Crippen molar-refractivity contribution in [3.05, 3.63) is 36.0 Å². The van der Waals surface area contributed by atoms with E-state index in [0.29, 0.717) is 12.1 Å². The number of carbonyl (C=O) groups is 1. The van der Waals surface area contributed by atoms with Crippen molar-refractivity contribution < 1.29 is 9.53 Å². The van der Waals surface area contributed by atoms with Gasteiger partial charge in [-0.05, 0) is 38.1 Å². The number of piperazine rings is 1. The van der Waals surface area contributed by atoms with E-state index in [9.17, 15) is 10.1 Å². The van der Waals surface area contributed by atoms with Gasteiger partial charge < -0.3 is 15.0 Å². The van der Waals surface area contributed by atoms with E-state index in [-0.39, 0.29) is 24.2 Å². The van der Waals surface area contributed by atoms with Gasteiger partial charge in [0.15, 0.2) is 0 Å². The zero-order valence-corrected chi connectivity index (χ0v) is 16.3. The van der Waals surface area contributed by atoms with Gasteiger partial charge in [-0.15, -0.1) is 0 Å². The number of morpholine rings is 1. The Balaban J connectivity index is 1.58. The summed E-state index contributed by atoms with van der Waals surface area (Å²) in [7, 11) is 0. The molecule has 2 aliphatic rings. The first kappa shape index (κ1) is 18.7. The number of benzene rings is 1. The molecule has 1 N–H and O–H groups in total. The van der Waals surface area contributed by atoms with Crippen LogP contribution in [0.25, 0.3) is 10.9 Å². The van der Waals surface area contributed by atoms with Gasteiger partial charge in [0.25, 0.3) is 0 Å². The predicted molar refractivity (Wildman–Crippen MR) is 107 cm³/mol. The molecular weight excluding hydrogens is 354 g/mol. The van der Waals surface area contributed by atoms with Crippen molar-refractivity contribution in [3.8, 4) is 6.07 Å². The zero-order valence-electron chi connectivity index (χ0n) is 16.3. The Morgan fingerprint density at radius 2 is 2.18 bits per heavy atom. The number of ether oxygens (including phenoxy) is 1. The summed E-state index contributed by atoms with van der Waals surface area (Å²) in [5.74, 6) is 0.0797. The lowest BCUT2D eigenvalue weighted by Gasteiger charge is -2.42. The summed E-state index contributed by atoms with van der Waals surface area (Å²) >= 11 is 0. The van der Waals surface area contributed by atoms with Gasteiger partial charge in [-0.1, -0.05) is 0 Å². The fraction of sp³-hybridized carbons (Fsp3) is 0.476. The second-order valence-electron chi connectivity index (χ2n) is 7.58. The van der Waals surface area contributed by atoms with Crippen molar-refractivity contribution in [2.45, 2.75) is 32.1 Å². The summed E-state index contributed by atoms with van der Waals surface area (Å²) < 4.78 is 6.20. The minimum absolute atomic E-state index is 0.0134. The lowest BCUT2D eigenvalue weighted by Crippen LogP contribution is -2.58. The third-order valence-corrected chi connectivity index (χ3v) is 5.60. The largest absolute Gasteiger partial charge is 0.370 e. The average molecular weight is 379 g/mol. The molecule has 7 nitrogen and oxygen atoms in total. The molecule has 7 heteroatoms. The molecule has 0 unspecified atom stereocenters. The molecule has 0 radical (unpaired) electrons. The highest BCUT2D eigenvalue weighted by Gasteiger charge is 2.32. The maximum absolute atomic E-state index is 12.0. The average Bonchev–Trinajstić information content (AvgIpc) is 2.70. The van der Waals surface area contributed by atoms with Crippen molar-refractivity contribution in [1.29, 1.82) is 5.26 Å². The van der Waals surface area contributed by atoms with Crippen LogP contribution in [0.4, 0.5) is 5.69 Å². The van der Waals surface area contributed by atoms with Gasteiger partial charge in [0.2, 0.25) is 5.91 Å². The number of aromatic nitrogens is 1. The Morgan fingerprint density at radius 1 is 1.32 bits per heavy atom. The van der Waals surface area contributed by atoms with Gasteiger partial charge in [0, 0.05) is 50.0 Å². The molecular formula is C21H25N5O2. The molecule has 0 aliphatic carbocycles. The summed E-state index contributed by atoms with van der Waals surface area (Å²) in [6, 6.07) is 9.87. The highest BCUT2D eigenvalue weighted by molar-refractivity contribution is 5.95. The smallest absolute Gasteiger partial charge is 0.237 e. The maximum atomic E-state index is 12.0. The van der Waals surface area contributed by atoms with Gasteiger partial charge in [0.05, 0.1) is 29.3 Å². The Kier molecular flexibility index (Phi) is 5.16. The number of nitrogens with zero attached hydrogens (tertiary/aromatic N) is 4. The summed E-state index contributed by atoms with van der Waals surface area (Å²) in [5.41, 5.74) is 2.40. The summed E-state index contributed by atoms with van der Waals surface area (Å²) in [6.45, 7) is 7.79. The number of rotatable bonds is 3. The van der Waals surface area contributed by atoms with Gasteiger partial charge in [0.1, 0.15) is 6.07 Å². The van der Waals surface area contributed by atoms with Crippen molar-refractivity contribution in [2.75, 3.05) is 37.6 Å². The standard InChI is InChI=1S/C21H25N5O2/c1-14-11-26(13-17(28-14)12-25-9-8-24-21(27)15(25)2)19-6-5-16(10-22)20-18(19)4-3-7-23-20/h3-7,14-15,17H,8-9,11-13H2,1-2H3,(H,24,27)/t14-,15-,17+/m1/s1. The molecule has 2 fully saturated rings. The van der Waals surface area contributed by atoms with E-state index in [4.69, 9.17) is 4.74 Å². The lowest BCUT2D eigenvalue weighted by molar-refractivity contribution is -0.129. The molecule has 146 valence electrons. The molecule has 2 aromatic rings. The monoisotopic (exact) mass is 379 g/mol. The third-order valence-electron chi connectivity index (χ3n) is 5.60. The van der Waals surface area contributed by atoms with Gasteiger partial charge >= 0.3 is 0 Å². The van der Waals surface area contributed by atoms with E-state index in [2.05, 4.69) is 33.1 Å². The Bertz CT molecular complexity index is 925. The van der Waals surface area contributed by atoms with Crippen LogP contribution in [-0.2, 0) is 9.53 Å². The van der Waals surface area contributed by atoms with E-state index >= 15 is 0 Å². The second kappa shape index (κ2) is 7.74. The number of hydrogen-bond acceptors (Lipinski definition) is 6. The molecule has 1 amide bonds. The number of carbonyl (C=O) groups excluding carboxylic acids is 1. The number of amides is 1. The molecule has 3 atom stereocenters. The molecule has 2 saturated heterocycles. The molecule has 0 saturated carbocycles. The lowest BCUT2D eigenvalue weighted by atomic mass is 10.1. The fourth-order valence-electron chi connectivity index (χ4n) is 4.21. The van der Waals surface area contributed by atoms with Crippen molar-refractivity contribution in [1.82, 2.24) is 15.2 Å².